The van der Waals surface area contributed by atoms with Crippen LogP contribution in [0.5, 0.6) is 0 Å². The third-order valence-electron chi connectivity index (χ3n) is 9.61. The van der Waals surface area contributed by atoms with Crippen molar-refractivity contribution >= 4 is 67.0 Å². The summed E-state index contributed by atoms with van der Waals surface area (Å²) in [4.78, 5) is 46.0. The number of nitrogen functional groups attached to an aromatic ring is 2. The van der Waals surface area contributed by atoms with E-state index in [1.807, 2.05) is 12.2 Å². The number of benzene rings is 2. The number of halogens is 2. The average Bonchev–Trinajstić information content (AvgIpc) is 3.80. The van der Waals surface area contributed by atoms with E-state index in [1.165, 1.54) is 46.9 Å². The van der Waals surface area contributed by atoms with Crippen molar-refractivity contribution in [3.63, 3.8) is 0 Å². The Labute approximate surface area is 322 Å². The standard InChI is InChI=1S/C38H36F2N10O3S2/c1-52-38(32-30-34(47-36(41)45-32)54-27(43-30)11-6-22-2-7-24(39)8-3-22)14-12-26(13-15-38)53-21-29(51)49-16-18-50(19-17-49)33-31-35(48-37(42)46-33)55-28(44-31)20-23-4-9-25(40)10-5-23/h2-5,7-10,12-14H,6,11,15-21H2,1H3,(H2,41,45,47)(H2,42,46,48). The van der Waals surface area contributed by atoms with E-state index in [-0.39, 0.29) is 36.0 Å². The molecule has 2 aromatic carbocycles. The molecule has 0 radical (unpaired) electrons. The van der Waals surface area contributed by atoms with E-state index in [9.17, 15) is 13.6 Å². The maximum absolute atomic E-state index is 13.4. The Balaban J connectivity index is 0.882. The number of carbonyl (C=O) groups is 1. The molecule has 4 aromatic heterocycles. The van der Waals surface area contributed by atoms with E-state index < -0.39 is 5.60 Å². The summed E-state index contributed by atoms with van der Waals surface area (Å²) in [5.74, 6) is 0.743. The van der Waals surface area contributed by atoms with Crippen LogP contribution in [0.4, 0.5) is 26.5 Å². The smallest absolute Gasteiger partial charge is 0.260 e. The summed E-state index contributed by atoms with van der Waals surface area (Å²) < 4.78 is 38.8. The molecule has 1 unspecified atom stereocenters. The lowest BCUT2D eigenvalue weighted by Gasteiger charge is -2.35. The summed E-state index contributed by atoms with van der Waals surface area (Å²) in [6.45, 7) is 1.86. The van der Waals surface area contributed by atoms with E-state index >= 15 is 0 Å². The molecule has 0 bridgehead atoms. The van der Waals surface area contributed by atoms with Crippen molar-refractivity contribution in [2.75, 3.05) is 56.3 Å². The van der Waals surface area contributed by atoms with Crippen LogP contribution in [0.2, 0.25) is 0 Å². The van der Waals surface area contributed by atoms with E-state index in [1.54, 1.807) is 42.4 Å². The molecular formula is C38H36F2N10O3S2. The molecule has 1 amide bonds. The van der Waals surface area contributed by atoms with Gasteiger partial charge in [-0.15, -0.1) is 0 Å². The zero-order chi connectivity index (χ0) is 38.1. The monoisotopic (exact) mass is 782 g/mol. The van der Waals surface area contributed by atoms with Gasteiger partial charge in [0.15, 0.2) is 17.3 Å². The average molecular weight is 783 g/mol. The summed E-state index contributed by atoms with van der Waals surface area (Å²) in [7, 11) is 1.60. The molecule has 1 aliphatic carbocycles. The van der Waals surface area contributed by atoms with Crippen LogP contribution in [0.15, 0.2) is 72.5 Å². The molecule has 2 aliphatic rings. The minimum atomic E-state index is -0.973. The summed E-state index contributed by atoms with van der Waals surface area (Å²) >= 11 is 2.87. The van der Waals surface area contributed by atoms with Crippen LogP contribution < -0.4 is 16.4 Å². The molecule has 282 valence electrons. The lowest BCUT2D eigenvalue weighted by atomic mass is 9.90. The Hall–Kier alpha value is -5.65. The normalized spacial score (nSPS) is 17.3. The number of nitrogens with zero attached hydrogens (tertiary/aromatic N) is 8. The maximum Gasteiger partial charge on any atom is 0.260 e. The van der Waals surface area contributed by atoms with E-state index in [0.717, 1.165) is 21.1 Å². The van der Waals surface area contributed by atoms with Crippen molar-refractivity contribution in [2.45, 2.75) is 31.3 Å². The second-order valence-corrected chi connectivity index (χ2v) is 15.3. The number of ether oxygens (including phenoxy) is 2. The molecule has 0 saturated carbocycles. The van der Waals surface area contributed by atoms with Crippen LogP contribution >= 0.6 is 22.7 Å². The first-order valence-corrected chi connectivity index (χ1v) is 19.2. The number of anilines is 3. The lowest BCUT2D eigenvalue weighted by molar-refractivity contribution is -0.135. The molecule has 13 nitrogen and oxygen atoms in total. The van der Waals surface area contributed by atoms with Gasteiger partial charge in [-0.3, -0.25) is 4.79 Å². The van der Waals surface area contributed by atoms with Crippen molar-refractivity contribution in [3.05, 3.63) is 111 Å². The predicted molar refractivity (Wildman–Crippen MR) is 208 cm³/mol. The van der Waals surface area contributed by atoms with E-state index in [0.29, 0.717) is 89.8 Å². The number of aryl methyl sites for hydroxylation is 2. The zero-order valence-electron chi connectivity index (χ0n) is 29.7. The number of nitrogens with two attached hydrogens (primary N) is 2. The fourth-order valence-electron chi connectivity index (χ4n) is 6.67. The largest absolute Gasteiger partial charge is 0.484 e. The number of methoxy groups -OCH3 is 1. The van der Waals surface area contributed by atoms with Crippen molar-refractivity contribution in [1.29, 1.82) is 0 Å². The van der Waals surface area contributed by atoms with E-state index in [2.05, 4.69) is 24.8 Å². The molecule has 1 fully saturated rings. The molecule has 6 aromatic rings. The number of fused-ring (bicyclic) bond motifs is 2. The summed E-state index contributed by atoms with van der Waals surface area (Å²) in [6.07, 6.45) is 7.73. The first-order chi connectivity index (χ1) is 26.6. The number of hydrogen-bond donors (Lipinski definition) is 2. The quantitative estimate of drug-likeness (QED) is 0.173. The highest BCUT2D eigenvalue weighted by Crippen LogP contribution is 2.39. The predicted octanol–water partition coefficient (Wildman–Crippen LogP) is 5.36. The highest BCUT2D eigenvalue weighted by atomic mass is 32.1. The molecule has 17 heteroatoms. The molecule has 4 N–H and O–H groups in total. The molecule has 0 spiro atoms. The van der Waals surface area contributed by atoms with Gasteiger partial charge in [-0.1, -0.05) is 46.9 Å². The Morgan fingerprint density at radius 2 is 1.44 bits per heavy atom. The Morgan fingerprint density at radius 1 is 0.800 bits per heavy atom. The van der Waals surface area contributed by atoms with Crippen LogP contribution in [0, 0.1) is 11.6 Å². The highest BCUT2D eigenvalue weighted by molar-refractivity contribution is 7.18. The minimum Gasteiger partial charge on any atom is -0.484 e. The highest BCUT2D eigenvalue weighted by Gasteiger charge is 2.36. The Bertz CT molecular complexity index is 2430. The second-order valence-electron chi connectivity index (χ2n) is 13.2. The first kappa shape index (κ1) is 36.3. The molecule has 1 saturated heterocycles. The minimum absolute atomic E-state index is 0.114. The molecule has 1 atom stereocenters. The number of piperazine rings is 1. The number of amides is 1. The van der Waals surface area contributed by atoms with Gasteiger partial charge < -0.3 is 30.7 Å². The van der Waals surface area contributed by atoms with Crippen molar-refractivity contribution in [1.82, 2.24) is 34.8 Å². The number of allylic oxidation sites excluding steroid dienone is 1. The third kappa shape index (κ3) is 7.81. The van der Waals surface area contributed by atoms with Gasteiger partial charge >= 0.3 is 0 Å². The number of rotatable bonds is 11. The molecular weight excluding hydrogens is 747 g/mol. The number of thiazole rings is 2. The van der Waals surface area contributed by atoms with Crippen LogP contribution in [0.25, 0.3) is 20.7 Å². The van der Waals surface area contributed by atoms with Crippen molar-refractivity contribution < 1.29 is 23.0 Å². The van der Waals surface area contributed by atoms with Crippen LogP contribution in [0.3, 0.4) is 0 Å². The van der Waals surface area contributed by atoms with Crippen LogP contribution in [-0.4, -0.2) is 80.6 Å². The van der Waals surface area contributed by atoms with Crippen LogP contribution in [0.1, 0.15) is 33.3 Å². The van der Waals surface area contributed by atoms with Gasteiger partial charge in [-0.2, -0.15) is 4.98 Å². The number of carbonyl (C=O) groups excluding carboxylic acids is 1. The molecule has 1 aliphatic heterocycles. The topological polar surface area (TPSA) is 171 Å². The van der Waals surface area contributed by atoms with Gasteiger partial charge in [0.1, 0.15) is 44.6 Å². The molecule has 55 heavy (non-hydrogen) atoms. The first-order valence-electron chi connectivity index (χ1n) is 17.6. The van der Waals surface area contributed by atoms with Gasteiger partial charge in [0.05, 0.1) is 10.0 Å². The van der Waals surface area contributed by atoms with E-state index in [4.69, 9.17) is 30.9 Å². The number of aromatic nitrogens is 6. The fraction of sp³-hybridized carbons (Fsp3) is 0.289. The molecule has 8 rings (SSSR count). The maximum atomic E-state index is 13.4. The summed E-state index contributed by atoms with van der Waals surface area (Å²) in [6, 6.07) is 12.8. The van der Waals surface area contributed by atoms with Crippen molar-refractivity contribution in [3.8, 4) is 0 Å². The molecule has 5 heterocycles. The zero-order valence-corrected chi connectivity index (χ0v) is 31.4. The Morgan fingerprint density at radius 3 is 2.11 bits per heavy atom. The Kier molecular flexibility index (Phi) is 10.1. The van der Waals surface area contributed by atoms with Gasteiger partial charge in [0.25, 0.3) is 5.91 Å². The summed E-state index contributed by atoms with van der Waals surface area (Å²) in [5, 5.41) is 1.68. The fourth-order valence-corrected chi connectivity index (χ4v) is 8.58. The number of hydrogen-bond acceptors (Lipinski definition) is 14. The lowest BCUT2D eigenvalue weighted by Crippen LogP contribution is -2.50. The second kappa shape index (κ2) is 15.2. The van der Waals surface area contributed by atoms with Crippen molar-refractivity contribution in [2.24, 2.45) is 0 Å². The van der Waals surface area contributed by atoms with Gasteiger partial charge in [0, 0.05) is 52.6 Å². The van der Waals surface area contributed by atoms with Gasteiger partial charge in [-0.25, -0.2) is 33.7 Å². The third-order valence-corrected chi connectivity index (χ3v) is 11.6. The van der Waals surface area contributed by atoms with Crippen LogP contribution in [-0.2, 0) is 39.1 Å². The van der Waals surface area contributed by atoms with Gasteiger partial charge in [0.2, 0.25) is 11.9 Å². The SMILES string of the molecule is COC1(c2nc(N)nc3sc(CCc4ccc(F)cc4)nc23)C=CC(OCC(=O)N2CCN(c3nc(N)nc4sc(Cc5ccc(F)cc5)nc34)CC2)=CC1. The summed E-state index contributed by atoms with van der Waals surface area (Å²) in [5.41, 5.74) is 15.0. The van der Waals surface area contributed by atoms with Gasteiger partial charge in [-0.05, 0) is 60.0 Å².